The molecule has 1 aromatic carbocycles. The predicted octanol–water partition coefficient (Wildman–Crippen LogP) is 3.47. The Kier molecular flexibility index (Phi) is 6.59. The number of rotatable bonds is 7. The molecule has 0 spiro atoms. The van der Waals surface area contributed by atoms with Crippen LogP contribution >= 0.6 is 18.1 Å². The first-order valence-corrected chi connectivity index (χ1v) is 9.70. The molecule has 0 bridgehead atoms. The Morgan fingerprint density at radius 2 is 1.85 bits per heavy atom. The SMILES string of the molecule is CS[P@@](=O)(N[C@H](C)C(=O)OC(C)C)Oc1ccccc1. The molecule has 0 fully saturated rings. The van der Waals surface area contributed by atoms with Crippen molar-refractivity contribution in [3.8, 4) is 5.75 Å². The van der Waals surface area contributed by atoms with Crippen molar-refractivity contribution in [3.05, 3.63) is 30.3 Å². The van der Waals surface area contributed by atoms with Gasteiger partial charge in [0.05, 0.1) is 6.10 Å². The molecular formula is C13H20NO4PS. The molecule has 0 heterocycles. The molecular weight excluding hydrogens is 297 g/mol. The average Bonchev–Trinajstić information content (AvgIpc) is 2.39. The minimum atomic E-state index is -3.21. The lowest BCUT2D eigenvalue weighted by molar-refractivity contribution is -0.148. The fourth-order valence-corrected chi connectivity index (χ4v) is 3.84. The summed E-state index contributed by atoms with van der Waals surface area (Å²) in [6.45, 7) is 1.92. The first-order chi connectivity index (χ1) is 9.36. The monoisotopic (exact) mass is 317 g/mol. The molecule has 0 aliphatic carbocycles. The molecule has 0 saturated carbocycles. The van der Waals surface area contributed by atoms with Gasteiger partial charge in [0.15, 0.2) is 0 Å². The van der Waals surface area contributed by atoms with Gasteiger partial charge in [-0.1, -0.05) is 18.2 Å². The van der Waals surface area contributed by atoms with Gasteiger partial charge in [0.1, 0.15) is 11.8 Å². The van der Waals surface area contributed by atoms with Crippen LogP contribution in [0.5, 0.6) is 5.75 Å². The lowest BCUT2D eigenvalue weighted by Crippen LogP contribution is -2.35. The van der Waals surface area contributed by atoms with E-state index >= 15 is 0 Å². The summed E-state index contributed by atoms with van der Waals surface area (Å²) in [5, 5.41) is 2.72. The molecule has 1 N–H and O–H groups in total. The zero-order valence-corrected chi connectivity index (χ0v) is 13.7. The number of ether oxygens (including phenoxy) is 1. The zero-order valence-electron chi connectivity index (χ0n) is 12.0. The third-order valence-corrected chi connectivity index (χ3v) is 5.88. The van der Waals surface area contributed by atoms with Crippen LogP contribution in [0.2, 0.25) is 0 Å². The molecule has 20 heavy (non-hydrogen) atoms. The Labute approximate surface area is 123 Å². The van der Waals surface area contributed by atoms with Crippen LogP contribution in [-0.4, -0.2) is 24.4 Å². The van der Waals surface area contributed by atoms with Crippen LogP contribution in [0.4, 0.5) is 0 Å². The van der Waals surface area contributed by atoms with Gasteiger partial charge in [0, 0.05) is 0 Å². The molecule has 0 unspecified atom stereocenters. The van der Waals surface area contributed by atoms with E-state index in [4.69, 9.17) is 9.26 Å². The largest absolute Gasteiger partial charge is 0.462 e. The van der Waals surface area contributed by atoms with Gasteiger partial charge in [-0.2, -0.15) is 0 Å². The molecule has 0 aliphatic heterocycles. The Balaban J connectivity index is 2.70. The van der Waals surface area contributed by atoms with Crippen molar-refractivity contribution in [2.24, 2.45) is 0 Å². The normalized spacial score (nSPS) is 15.4. The van der Waals surface area contributed by atoms with Gasteiger partial charge in [0.25, 0.3) is 0 Å². The number of benzene rings is 1. The van der Waals surface area contributed by atoms with Crippen LogP contribution in [0, 0.1) is 0 Å². The lowest BCUT2D eigenvalue weighted by Gasteiger charge is -2.22. The summed E-state index contributed by atoms with van der Waals surface area (Å²) in [6, 6.07) is 8.13. The fourth-order valence-electron chi connectivity index (χ4n) is 1.36. The standard InChI is InChI=1S/C13H20NO4PS/c1-10(2)17-13(15)11(3)14-19(16,20-4)18-12-8-6-5-7-9-12/h5-11H,1-4H3,(H,14,16)/t11-,19-/m1/s1. The van der Waals surface area contributed by atoms with Crippen molar-refractivity contribution in [3.63, 3.8) is 0 Å². The molecule has 1 aromatic rings. The van der Waals surface area contributed by atoms with Crippen molar-refractivity contribution in [2.45, 2.75) is 32.9 Å². The maximum atomic E-state index is 12.6. The summed E-state index contributed by atoms with van der Waals surface area (Å²) in [7, 11) is 0. The van der Waals surface area contributed by atoms with Crippen molar-refractivity contribution < 1.29 is 18.6 Å². The molecule has 0 radical (unpaired) electrons. The Morgan fingerprint density at radius 3 is 2.35 bits per heavy atom. The van der Waals surface area contributed by atoms with E-state index in [2.05, 4.69) is 5.09 Å². The van der Waals surface area contributed by atoms with Crippen LogP contribution in [0.3, 0.4) is 0 Å². The van der Waals surface area contributed by atoms with Crippen LogP contribution < -0.4 is 9.61 Å². The maximum Gasteiger partial charge on any atom is 0.374 e. The first-order valence-electron chi connectivity index (χ1n) is 6.25. The predicted molar refractivity (Wildman–Crippen MR) is 82.0 cm³/mol. The summed E-state index contributed by atoms with van der Waals surface area (Å²) in [4.78, 5) is 11.7. The molecule has 1 rings (SSSR count). The van der Waals surface area contributed by atoms with E-state index in [1.807, 2.05) is 6.07 Å². The molecule has 5 nitrogen and oxygen atoms in total. The summed E-state index contributed by atoms with van der Waals surface area (Å²) in [6.07, 6.45) is 1.45. The summed E-state index contributed by atoms with van der Waals surface area (Å²) in [5.74, 6) is 0.0352. The van der Waals surface area contributed by atoms with E-state index in [-0.39, 0.29) is 6.10 Å². The smallest absolute Gasteiger partial charge is 0.374 e. The average molecular weight is 317 g/mol. The number of carbonyl (C=O) groups excluding carboxylic acids is 1. The number of hydrogen-bond acceptors (Lipinski definition) is 5. The Bertz CT molecular complexity index is 481. The number of esters is 1. The van der Waals surface area contributed by atoms with E-state index in [9.17, 15) is 9.36 Å². The summed E-state index contributed by atoms with van der Waals surface area (Å²) >= 11 is 1.05. The zero-order chi connectivity index (χ0) is 15.2. The summed E-state index contributed by atoms with van der Waals surface area (Å²) in [5.41, 5.74) is 0. The van der Waals surface area contributed by atoms with Gasteiger partial charge >= 0.3 is 12.7 Å². The van der Waals surface area contributed by atoms with Crippen LogP contribution in [0.1, 0.15) is 20.8 Å². The first kappa shape index (κ1) is 17.1. The maximum absolute atomic E-state index is 12.6. The molecule has 0 amide bonds. The third kappa shape index (κ3) is 5.57. The number of carbonyl (C=O) groups is 1. The number of para-hydroxylation sites is 1. The van der Waals surface area contributed by atoms with Gasteiger partial charge in [0.2, 0.25) is 0 Å². The van der Waals surface area contributed by atoms with Gasteiger partial charge in [-0.15, -0.1) is 0 Å². The van der Waals surface area contributed by atoms with Gasteiger partial charge in [-0.25, -0.2) is 9.65 Å². The Morgan fingerprint density at radius 1 is 1.25 bits per heavy atom. The fraction of sp³-hybridized carbons (Fsp3) is 0.462. The van der Waals surface area contributed by atoms with Crippen molar-refractivity contribution >= 4 is 24.1 Å². The quantitative estimate of drug-likeness (QED) is 0.613. The highest BCUT2D eigenvalue weighted by Crippen LogP contribution is 2.54. The van der Waals surface area contributed by atoms with Crippen molar-refractivity contribution in [1.82, 2.24) is 5.09 Å². The van der Waals surface area contributed by atoms with Gasteiger partial charge in [-0.05, 0) is 50.5 Å². The van der Waals surface area contributed by atoms with Crippen LogP contribution in [0.15, 0.2) is 30.3 Å². The van der Waals surface area contributed by atoms with Crippen molar-refractivity contribution in [2.75, 3.05) is 6.26 Å². The number of nitrogens with one attached hydrogen (secondary N) is 1. The molecule has 0 saturated heterocycles. The van der Waals surface area contributed by atoms with E-state index in [0.29, 0.717) is 5.75 Å². The highest BCUT2D eigenvalue weighted by atomic mass is 32.7. The second-order valence-electron chi connectivity index (χ2n) is 4.42. The highest BCUT2D eigenvalue weighted by Gasteiger charge is 2.29. The second kappa shape index (κ2) is 7.72. The molecule has 7 heteroatoms. The van der Waals surface area contributed by atoms with E-state index < -0.39 is 18.7 Å². The van der Waals surface area contributed by atoms with E-state index in [1.165, 1.54) is 0 Å². The third-order valence-electron chi connectivity index (χ3n) is 2.27. The van der Waals surface area contributed by atoms with Gasteiger partial charge < -0.3 is 9.26 Å². The van der Waals surface area contributed by atoms with E-state index in [0.717, 1.165) is 11.4 Å². The lowest BCUT2D eigenvalue weighted by atomic mass is 10.3. The molecule has 2 atom stereocenters. The van der Waals surface area contributed by atoms with Crippen LogP contribution in [0.25, 0.3) is 0 Å². The van der Waals surface area contributed by atoms with E-state index in [1.54, 1.807) is 51.3 Å². The topological polar surface area (TPSA) is 64.6 Å². The molecule has 0 aromatic heterocycles. The molecule has 0 aliphatic rings. The van der Waals surface area contributed by atoms with Crippen molar-refractivity contribution in [1.29, 1.82) is 0 Å². The highest BCUT2D eigenvalue weighted by molar-refractivity contribution is 8.55. The minimum absolute atomic E-state index is 0.213. The van der Waals surface area contributed by atoms with Crippen LogP contribution in [-0.2, 0) is 14.1 Å². The number of hydrogen-bond donors (Lipinski definition) is 1. The summed E-state index contributed by atoms with van der Waals surface area (Å²) < 4.78 is 23.1. The van der Waals surface area contributed by atoms with Gasteiger partial charge in [-0.3, -0.25) is 4.79 Å². The molecule has 112 valence electrons. The second-order valence-corrected chi connectivity index (χ2v) is 8.76. The minimum Gasteiger partial charge on any atom is -0.462 e. The Hall–Kier alpha value is -0.970.